The van der Waals surface area contributed by atoms with Gasteiger partial charge in [-0.25, -0.2) is 0 Å². The molecule has 98 valence electrons. The number of carbonyl (C=O) groups excluding carboxylic acids is 1. The zero-order valence-electron chi connectivity index (χ0n) is 11.1. The lowest BCUT2D eigenvalue weighted by Crippen LogP contribution is -2.41. The summed E-state index contributed by atoms with van der Waals surface area (Å²) in [4.78, 5) is 14.1. The third kappa shape index (κ3) is 3.98. The number of hydrogen-bond acceptors (Lipinski definition) is 2. The van der Waals surface area contributed by atoms with Crippen LogP contribution in [0.2, 0.25) is 0 Å². The van der Waals surface area contributed by atoms with Crippen LogP contribution in [0.5, 0.6) is 0 Å². The standard InChI is InChI=1S/C14H26N2O/c1-12-6-7-13(10-12)15-11-14(17)16-8-4-2-3-5-9-16/h12-13,15H,2-11H2,1H3. The van der Waals surface area contributed by atoms with E-state index in [4.69, 9.17) is 0 Å². The van der Waals surface area contributed by atoms with Crippen LogP contribution in [0.15, 0.2) is 0 Å². The third-order valence-corrected chi connectivity index (χ3v) is 4.20. The van der Waals surface area contributed by atoms with E-state index in [0.717, 1.165) is 19.0 Å². The van der Waals surface area contributed by atoms with Gasteiger partial charge in [0, 0.05) is 19.1 Å². The Bertz CT molecular complexity index is 247. The number of hydrogen-bond donors (Lipinski definition) is 1. The maximum atomic E-state index is 12.1. The Morgan fingerprint density at radius 1 is 1.18 bits per heavy atom. The van der Waals surface area contributed by atoms with E-state index in [-0.39, 0.29) is 0 Å². The van der Waals surface area contributed by atoms with Crippen LogP contribution in [0.4, 0.5) is 0 Å². The first-order valence-electron chi connectivity index (χ1n) is 7.27. The zero-order chi connectivity index (χ0) is 12.1. The maximum absolute atomic E-state index is 12.1. The topological polar surface area (TPSA) is 32.3 Å². The molecule has 0 aromatic heterocycles. The predicted octanol–water partition coefficient (Wildman–Crippen LogP) is 2.17. The van der Waals surface area contributed by atoms with Gasteiger partial charge in [0.25, 0.3) is 0 Å². The van der Waals surface area contributed by atoms with Crippen molar-refractivity contribution in [2.24, 2.45) is 5.92 Å². The Morgan fingerprint density at radius 3 is 2.47 bits per heavy atom. The number of rotatable bonds is 3. The molecule has 2 fully saturated rings. The minimum atomic E-state index is 0.312. The molecule has 0 radical (unpaired) electrons. The second kappa shape index (κ2) is 6.39. The van der Waals surface area contributed by atoms with Crippen molar-refractivity contribution in [1.82, 2.24) is 10.2 Å². The van der Waals surface area contributed by atoms with Crippen LogP contribution in [0.1, 0.15) is 51.9 Å². The highest BCUT2D eigenvalue weighted by atomic mass is 16.2. The van der Waals surface area contributed by atoms with Gasteiger partial charge in [0.1, 0.15) is 0 Å². The molecule has 17 heavy (non-hydrogen) atoms. The van der Waals surface area contributed by atoms with Crippen LogP contribution in [0, 0.1) is 5.92 Å². The van der Waals surface area contributed by atoms with E-state index in [1.807, 2.05) is 0 Å². The molecule has 1 heterocycles. The van der Waals surface area contributed by atoms with Crippen molar-refractivity contribution < 1.29 is 4.79 Å². The molecule has 0 aromatic carbocycles. The molecule has 3 nitrogen and oxygen atoms in total. The SMILES string of the molecule is CC1CCC(NCC(=O)N2CCCCCC2)C1. The summed E-state index contributed by atoms with van der Waals surface area (Å²) in [7, 11) is 0. The minimum absolute atomic E-state index is 0.312. The molecule has 0 aromatic rings. The van der Waals surface area contributed by atoms with E-state index in [9.17, 15) is 4.79 Å². The Labute approximate surface area is 105 Å². The van der Waals surface area contributed by atoms with Crippen molar-refractivity contribution in [2.75, 3.05) is 19.6 Å². The van der Waals surface area contributed by atoms with E-state index < -0.39 is 0 Å². The van der Waals surface area contributed by atoms with Gasteiger partial charge in [-0.2, -0.15) is 0 Å². The summed E-state index contributed by atoms with van der Waals surface area (Å²) >= 11 is 0. The van der Waals surface area contributed by atoms with Gasteiger partial charge in [0.15, 0.2) is 0 Å². The van der Waals surface area contributed by atoms with Gasteiger partial charge < -0.3 is 10.2 Å². The molecule has 0 spiro atoms. The highest BCUT2D eigenvalue weighted by Gasteiger charge is 2.22. The highest BCUT2D eigenvalue weighted by molar-refractivity contribution is 5.78. The molecule has 3 heteroatoms. The number of nitrogens with zero attached hydrogens (tertiary/aromatic N) is 1. The van der Waals surface area contributed by atoms with E-state index in [2.05, 4.69) is 17.1 Å². The van der Waals surface area contributed by atoms with Gasteiger partial charge in [-0.15, -0.1) is 0 Å². The van der Waals surface area contributed by atoms with Crippen molar-refractivity contribution in [3.63, 3.8) is 0 Å². The summed E-state index contributed by atoms with van der Waals surface area (Å²) in [5.74, 6) is 1.15. The van der Waals surface area contributed by atoms with Crippen molar-refractivity contribution in [1.29, 1.82) is 0 Å². The quantitative estimate of drug-likeness (QED) is 0.817. The summed E-state index contributed by atoms with van der Waals surface area (Å²) in [6, 6.07) is 0.584. The lowest BCUT2D eigenvalue weighted by atomic mass is 10.1. The highest BCUT2D eigenvalue weighted by Crippen LogP contribution is 2.24. The first kappa shape index (κ1) is 12.9. The number of amides is 1. The zero-order valence-corrected chi connectivity index (χ0v) is 11.1. The average Bonchev–Trinajstić information content (AvgIpc) is 2.58. The summed E-state index contributed by atoms with van der Waals surface area (Å²) in [6.45, 7) is 4.80. The molecule has 2 atom stereocenters. The molecular formula is C14H26N2O. The Balaban J connectivity index is 1.69. The summed E-state index contributed by atoms with van der Waals surface area (Å²) < 4.78 is 0. The van der Waals surface area contributed by atoms with Crippen LogP contribution in [-0.2, 0) is 4.79 Å². The van der Waals surface area contributed by atoms with Gasteiger partial charge >= 0.3 is 0 Å². The fourth-order valence-corrected chi connectivity index (χ4v) is 3.06. The van der Waals surface area contributed by atoms with Gasteiger partial charge in [-0.1, -0.05) is 19.8 Å². The van der Waals surface area contributed by atoms with Gasteiger partial charge in [-0.3, -0.25) is 4.79 Å². The van der Waals surface area contributed by atoms with Gasteiger partial charge in [0.05, 0.1) is 6.54 Å². The monoisotopic (exact) mass is 238 g/mol. The van der Waals surface area contributed by atoms with E-state index in [1.54, 1.807) is 0 Å². The molecule has 1 N–H and O–H groups in total. The van der Waals surface area contributed by atoms with Crippen molar-refractivity contribution >= 4 is 5.91 Å². The van der Waals surface area contributed by atoms with E-state index >= 15 is 0 Å². The molecular weight excluding hydrogens is 212 g/mol. The molecule has 1 amide bonds. The van der Waals surface area contributed by atoms with Gasteiger partial charge in [0.2, 0.25) is 5.91 Å². The average molecular weight is 238 g/mol. The Morgan fingerprint density at radius 2 is 1.88 bits per heavy atom. The molecule has 1 saturated carbocycles. The number of carbonyl (C=O) groups is 1. The Kier molecular flexibility index (Phi) is 4.84. The fraction of sp³-hybridized carbons (Fsp3) is 0.929. The van der Waals surface area contributed by atoms with Crippen molar-refractivity contribution in [2.45, 2.75) is 57.9 Å². The number of likely N-dealkylation sites (tertiary alicyclic amines) is 1. The first-order chi connectivity index (χ1) is 8.25. The molecule has 2 rings (SSSR count). The van der Waals surface area contributed by atoms with Crippen LogP contribution in [-0.4, -0.2) is 36.5 Å². The number of nitrogens with one attached hydrogen (secondary N) is 1. The largest absolute Gasteiger partial charge is 0.342 e. The van der Waals surface area contributed by atoms with Crippen LogP contribution in [0.3, 0.4) is 0 Å². The fourth-order valence-electron chi connectivity index (χ4n) is 3.06. The summed E-state index contributed by atoms with van der Waals surface area (Å²) in [5, 5.41) is 3.44. The predicted molar refractivity (Wildman–Crippen MR) is 69.9 cm³/mol. The van der Waals surface area contributed by atoms with Crippen LogP contribution < -0.4 is 5.32 Å². The lowest BCUT2D eigenvalue weighted by Gasteiger charge is -2.21. The van der Waals surface area contributed by atoms with E-state index in [1.165, 1.54) is 44.9 Å². The maximum Gasteiger partial charge on any atom is 0.236 e. The lowest BCUT2D eigenvalue weighted by molar-refractivity contribution is -0.130. The second-order valence-electron chi connectivity index (χ2n) is 5.79. The molecule has 1 aliphatic heterocycles. The van der Waals surface area contributed by atoms with Crippen molar-refractivity contribution in [3.8, 4) is 0 Å². The smallest absolute Gasteiger partial charge is 0.236 e. The van der Waals surface area contributed by atoms with Crippen LogP contribution in [0.25, 0.3) is 0 Å². The first-order valence-corrected chi connectivity index (χ1v) is 7.27. The second-order valence-corrected chi connectivity index (χ2v) is 5.79. The summed E-state index contributed by atoms with van der Waals surface area (Å²) in [6.07, 6.45) is 8.75. The van der Waals surface area contributed by atoms with Crippen molar-refractivity contribution in [3.05, 3.63) is 0 Å². The molecule has 1 saturated heterocycles. The summed E-state index contributed by atoms with van der Waals surface area (Å²) in [5.41, 5.74) is 0. The molecule has 2 unspecified atom stereocenters. The molecule has 1 aliphatic carbocycles. The molecule has 2 aliphatic rings. The Hall–Kier alpha value is -0.570. The van der Waals surface area contributed by atoms with E-state index in [0.29, 0.717) is 18.5 Å². The van der Waals surface area contributed by atoms with Crippen LogP contribution >= 0.6 is 0 Å². The normalized spacial score (nSPS) is 30.3. The minimum Gasteiger partial charge on any atom is -0.342 e. The van der Waals surface area contributed by atoms with Gasteiger partial charge in [-0.05, 0) is 38.0 Å². The third-order valence-electron chi connectivity index (χ3n) is 4.20. The molecule has 0 bridgehead atoms.